The average molecular weight is 246 g/mol. The molecule has 0 aromatic heterocycles. The van der Waals surface area contributed by atoms with Gasteiger partial charge in [0.2, 0.25) is 10.0 Å². The fraction of sp³-hybridized carbons (Fsp3) is 0.400. The maximum absolute atomic E-state index is 13.2. The molecule has 0 aliphatic heterocycles. The van der Waals surface area contributed by atoms with E-state index in [2.05, 4.69) is 4.72 Å². The number of sulfonamides is 1. The molecule has 0 radical (unpaired) electrons. The van der Waals surface area contributed by atoms with E-state index in [4.69, 9.17) is 5.73 Å². The topological polar surface area (TPSA) is 72.2 Å². The molecule has 0 saturated carbocycles. The van der Waals surface area contributed by atoms with Crippen molar-refractivity contribution in [1.82, 2.24) is 4.72 Å². The maximum Gasteiger partial charge on any atom is 0.243 e. The van der Waals surface area contributed by atoms with E-state index >= 15 is 0 Å². The van der Waals surface area contributed by atoms with Crippen LogP contribution in [0.4, 0.5) is 4.39 Å². The summed E-state index contributed by atoms with van der Waals surface area (Å²) in [4.78, 5) is -0.317. The van der Waals surface area contributed by atoms with Gasteiger partial charge in [0.1, 0.15) is 10.7 Å². The first-order chi connectivity index (χ1) is 7.58. The molecular formula is C10H15FN2O2S. The predicted molar refractivity (Wildman–Crippen MR) is 59.9 cm³/mol. The van der Waals surface area contributed by atoms with Gasteiger partial charge in [-0.2, -0.15) is 0 Å². The summed E-state index contributed by atoms with van der Waals surface area (Å²) >= 11 is 0. The van der Waals surface area contributed by atoms with Gasteiger partial charge < -0.3 is 5.73 Å². The molecule has 1 rings (SSSR count). The molecule has 0 fully saturated rings. The van der Waals surface area contributed by atoms with Gasteiger partial charge in [-0.05, 0) is 31.5 Å². The van der Waals surface area contributed by atoms with E-state index in [-0.39, 0.29) is 11.4 Å². The molecule has 4 nitrogen and oxygen atoms in total. The summed E-state index contributed by atoms with van der Waals surface area (Å²) in [6.07, 6.45) is 1.38. The highest BCUT2D eigenvalue weighted by atomic mass is 32.2. The van der Waals surface area contributed by atoms with Gasteiger partial charge in [-0.15, -0.1) is 0 Å². The summed E-state index contributed by atoms with van der Waals surface area (Å²) in [7, 11) is -3.74. The summed E-state index contributed by atoms with van der Waals surface area (Å²) < 4.78 is 38.8. The third kappa shape index (κ3) is 3.55. The lowest BCUT2D eigenvalue weighted by Gasteiger charge is -2.06. The third-order valence-electron chi connectivity index (χ3n) is 2.05. The zero-order valence-corrected chi connectivity index (χ0v) is 9.63. The molecule has 0 bridgehead atoms. The number of nitrogens with two attached hydrogens (primary N) is 1. The third-order valence-corrected chi connectivity index (χ3v) is 3.54. The number of hydrogen-bond donors (Lipinski definition) is 2. The molecule has 0 spiro atoms. The van der Waals surface area contributed by atoms with E-state index < -0.39 is 15.8 Å². The van der Waals surface area contributed by atoms with Crippen LogP contribution in [0.1, 0.15) is 12.8 Å². The van der Waals surface area contributed by atoms with Crippen molar-refractivity contribution < 1.29 is 12.8 Å². The van der Waals surface area contributed by atoms with Crippen molar-refractivity contribution in [3.63, 3.8) is 0 Å². The van der Waals surface area contributed by atoms with Crippen molar-refractivity contribution in [2.45, 2.75) is 17.7 Å². The highest BCUT2D eigenvalue weighted by Gasteiger charge is 2.17. The van der Waals surface area contributed by atoms with Crippen LogP contribution < -0.4 is 10.5 Å². The van der Waals surface area contributed by atoms with Crippen LogP contribution in [0.2, 0.25) is 0 Å². The predicted octanol–water partition coefficient (Wildman–Crippen LogP) is 0.843. The quantitative estimate of drug-likeness (QED) is 0.731. The number of nitrogens with one attached hydrogen (secondary N) is 1. The monoisotopic (exact) mass is 246 g/mol. The van der Waals surface area contributed by atoms with E-state index in [0.29, 0.717) is 13.0 Å². The SMILES string of the molecule is NCCCCNS(=O)(=O)c1ccccc1F. The first kappa shape index (κ1) is 13.1. The Bertz CT molecular complexity index is 434. The lowest BCUT2D eigenvalue weighted by Crippen LogP contribution is -2.26. The van der Waals surface area contributed by atoms with Crippen LogP contribution in [0, 0.1) is 5.82 Å². The van der Waals surface area contributed by atoms with Gasteiger partial charge in [0.15, 0.2) is 0 Å². The normalized spacial score (nSPS) is 11.6. The summed E-state index contributed by atoms with van der Waals surface area (Å²) in [5.74, 6) is -0.742. The van der Waals surface area contributed by atoms with Gasteiger partial charge in [-0.1, -0.05) is 12.1 Å². The Morgan fingerprint density at radius 2 is 1.94 bits per heavy atom. The molecule has 16 heavy (non-hydrogen) atoms. The summed E-state index contributed by atoms with van der Waals surface area (Å²) in [6.45, 7) is 0.787. The molecule has 0 heterocycles. The molecule has 1 aromatic carbocycles. The Hall–Kier alpha value is -0.980. The second-order valence-electron chi connectivity index (χ2n) is 3.32. The van der Waals surface area contributed by atoms with Crippen molar-refractivity contribution in [2.24, 2.45) is 5.73 Å². The van der Waals surface area contributed by atoms with E-state index in [1.807, 2.05) is 0 Å². The molecule has 0 aliphatic carbocycles. The van der Waals surface area contributed by atoms with Crippen molar-refractivity contribution in [1.29, 1.82) is 0 Å². The van der Waals surface area contributed by atoms with Crippen molar-refractivity contribution >= 4 is 10.0 Å². The van der Waals surface area contributed by atoms with Crippen molar-refractivity contribution in [3.05, 3.63) is 30.1 Å². The standard InChI is InChI=1S/C10H15FN2O2S/c11-9-5-1-2-6-10(9)16(14,15)13-8-4-3-7-12/h1-2,5-6,13H,3-4,7-8,12H2. The largest absolute Gasteiger partial charge is 0.330 e. The van der Waals surface area contributed by atoms with E-state index in [9.17, 15) is 12.8 Å². The van der Waals surface area contributed by atoms with Gasteiger partial charge in [0, 0.05) is 6.54 Å². The maximum atomic E-state index is 13.2. The fourth-order valence-corrected chi connectivity index (χ4v) is 2.37. The van der Waals surface area contributed by atoms with Crippen molar-refractivity contribution in [2.75, 3.05) is 13.1 Å². The van der Waals surface area contributed by atoms with E-state index in [0.717, 1.165) is 12.5 Å². The fourth-order valence-electron chi connectivity index (χ4n) is 1.22. The summed E-state index contributed by atoms with van der Waals surface area (Å²) in [6, 6.07) is 5.29. The zero-order valence-electron chi connectivity index (χ0n) is 8.82. The van der Waals surface area contributed by atoms with Crippen LogP contribution in [0.15, 0.2) is 29.2 Å². The Morgan fingerprint density at radius 1 is 1.25 bits per heavy atom. The summed E-state index contributed by atoms with van der Waals surface area (Å²) in [5, 5.41) is 0. The van der Waals surface area contributed by atoms with Gasteiger partial charge in [0.25, 0.3) is 0 Å². The molecule has 0 unspecified atom stereocenters. The minimum absolute atomic E-state index is 0.272. The minimum atomic E-state index is -3.74. The van der Waals surface area contributed by atoms with Crippen LogP contribution in [-0.4, -0.2) is 21.5 Å². The van der Waals surface area contributed by atoms with Crippen LogP contribution in [0.25, 0.3) is 0 Å². The Kier molecular flexibility index (Phi) is 4.85. The number of halogens is 1. The first-order valence-electron chi connectivity index (χ1n) is 5.02. The van der Waals surface area contributed by atoms with E-state index in [1.165, 1.54) is 18.2 Å². The average Bonchev–Trinajstić information content (AvgIpc) is 2.25. The lowest BCUT2D eigenvalue weighted by atomic mass is 10.3. The summed E-state index contributed by atoms with van der Waals surface area (Å²) in [5.41, 5.74) is 5.28. The van der Waals surface area contributed by atoms with E-state index in [1.54, 1.807) is 0 Å². The smallest absolute Gasteiger partial charge is 0.243 e. The van der Waals surface area contributed by atoms with Gasteiger partial charge >= 0.3 is 0 Å². The molecular weight excluding hydrogens is 231 g/mol. The second-order valence-corrected chi connectivity index (χ2v) is 5.06. The molecule has 3 N–H and O–H groups in total. The zero-order chi connectivity index (χ0) is 12.0. The minimum Gasteiger partial charge on any atom is -0.330 e. The highest BCUT2D eigenvalue weighted by molar-refractivity contribution is 7.89. The Balaban J connectivity index is 2.68. The second kappa shape index (κ2) is 5.93. The molecule has 90 valence electrons. The molecule has 1 aromatic rings. The number of unbranched alkanes of at least 4 members (excludes halogenated alkanes) is 1. The molecule has 0 aliphatic rings. The van der Waals surface area contributed by atoms with Gasteiger partial charge in [-0.3, -0.25) is 0 Å². The Morgan fingerprint density at radius 3 is 2.56 bits per heavy atom. The lowest BCUT2D eigenvalue weighted by molar-refractivity contribution is 0.554. The highest BCUT2D eigenvalue weighted by Crippen LogP contribution is 2.12. The van der Waals surface area contributed by atoms with Gasteiger partial charge in [0.05, 0.1) is 0 Å². The van der Waals surface area contributed by atoms with Crippen LogP contribution >= 0.6 is 0 Å². The molecule has 6 heteroatoms. The number of rotatable bonds is 6. The number of hydrogen-bond acceptors (Lipinski definition) is 3. The van der Waals surface area contributed by atoms with Crippen LogP contribution in [0.5, 0.6) is 0 Å². The number of benzene rings is 1. The van der Waals surface area contributed by atoms with Crippen LogP contribution in [-0.2, 0) is 10.0 Å². The van der Waals surface area contributed by atoms with Gasteiger partial charge in [-0.25, -0.2) is 17.5 Å². The molecule has 0 saturated heterocycles. The van der Waals surface area contributed by atoms with Crippen LogP contribution in [0.3, 0.4) is 0 Å². The molecule has 0 atom stereocenters. The van der Waals surface area contributed by atoms with Crippen molar-refractivity contribution in [3.8, 4) is 0 Å². The molecule has 0 amide bonds. The first-order valence-corrected chi connectivity index (χ1v) is 6.50. The Labute approximate surface area is 94.7 Å².